The van der Waals surface area contributed by atoms with Crippen molar-refractivity contribution in [3.8, 4) is 16.9 Å². The van der Waals surface area contributed by atoms with Crippen molar-refractivity contribution in [2.24, 2.45) is 11.7 Å². The Bertz CT molecular complexity index is 1920. The van der Waals surface area contributed by atoms with Crippen molar-refractivity contribution in [2.45, 2.75) is 39.0 Å². The van der Waals surface area contributed by atoms with Gasteiger partial charge in [0.25, 0.3) is 5.91 Å². The average Bonchev–Trinajstić information content (AvgIpc) is 3.67. The first-order valence-corrected chi connectivity index (χ1v) is 14.8. The predicted molar refractivity (Wildman–Crippen MR) is 172 cm³/mol. The Morgan fingerprint density at radius 1 is 0.957 bits per heavy atom. The number of rotatable bonds is 6. The molecule has 0 radical (unpaired) electrons. The monoisotopic (exact) mass is 622 g/mol. The van der Waals surface area contributed by atoms with Gasteiger partial charge in [0.05, 0.1) is 11.1 Å². The van der Waals surface area contributed by atoms with Gasteiger partial charge in [-0.25, -0.2) is 19.4 Å². The highest BCUT2D eigenvalue weighted by molar-refractivity contribution is 6.01. The maximum Gasteiger partial charge on any atom is 0.324 e. The van der Waals surface area contributed by atoms with Gasteiger partial charge in [0.2, 0.25) is 5.91 Å². The molecule has 1 fully saturated rings. The van der Waals surface area contributed by atoms with Crippen molar-refractivity contribution in [3.05, 3.63) is 72.2 Å². The molecule has 1 aliphatic heterocycles. The van der Waals surface area contributed by atoms with E-state index in [1.807, 2.05) is 32.9 Å². The molecule has 0 bridgehead atoms. The van der Waals surface area contributed by atoms with Gasteiger partial charge in [0, 0.05) is 47.3 Å². The number of carbonyl (C=O) groups excluding carboxylic acids is 3. The Kier molecular flexibility index (Phi) is 7.86. The van der Waals surface area contributed by atoms with Crippen LogP contribution in [-0.4, -0.2) is 60.7 Å². The number of urea groups is 1. The molecule has 2 aromatic carbocycles. The Hall–Kier alpha value is -5.79. The molecule has 6 rings (SSSR count). The summed E-state index contributed by atoms with van der Waals surface area (Å²) in [6, 6.07) is 15.4. The Labute approximate surface area is 264 Å². The lowest BCUT2D eigenvalue weighted by Gasteiger charge is -2.30. The molecule has 1 saturated heterocycles. The zero-order valence-corrected chi connectivity index (χ0v) is 25.7. The van der Waals surface area contributed by atoms with Crippen LogP contribution >= 0.6 is 0 Å². The number of fused-ring (bicyclic) bond motifs is 1. The van der Waals surface area contributed by atoms with Crippen LogP contribution in [0, 0.1) is 5.92 Å². The fraction of sp³-hybridized carbons (Fsp3) is 0.281. The summed E-state index contributed by atoms with van der Waals surface area (Å²) in [4.78, 5) is 47.5. The smallest absolute Gasteiger partial charge is 0.324 e. The van der Waals surface area contributed by atoms with Crippen LogP contribution < -0.4 is 22.1 Å². The number of benzene rings is 2. The predicted octanol–water partition coefficient (Wildman–Crippen LogP) is 4.33. The molecular formula is C32H34N10O4. The molecule has 5 aromatic rings. The Morgan fingerprint density at radius 2 is 1.65 bits per heavy atom. The number of anilines is 3. The number of primary amides is 1. The van der Waals surface area contributed by atoms with Gasteiger partial charge in [-0.2, -0.15) is 5.10 Å². The quantitative estimate of drug-likeness (QED) is 0.213. The molecule has 236 valence electrons. The van der Waals surface area contributed by atoms with E-state index in [4.69, 9.17) is 21.1 Å². The zero-order chi connectivity index (χ0) is 32.6. The van der Waals surface area contributed by atoms with Crippen LogP contribution in [0.25, 0.3) is 28.0 Å². The minimum atomic E-state index is -0.467. The van der Waals surface area contributed by atoms with Crippen LogP contribution in [0.1, 0.15) is 49.7 Å². The highest BCUT2D eigenvalue weighted by Crippen LogP contribution is 2.32. The molecule has 4 heterocycles. The van der Waals surface area contributed by atoms with Gasteiger partial charge in [-0.3, -0.25) is 14.9 Å². The lowest BCUT2D eigenvalue weighted by Crippen LogP contribution is -2.41. The number of amides is 4. The van der Waals surface area contributed by atoms with Crippen LogP contribution in [0.5, 0.6) is 0 Å². The summed E-state index contributed by atoms with van der Waals surface area (Å²) in [7, 11) is 0. The van der Waals surface area contributed by atoms with E-state index < -0.39 is 6.03 Å². The van der Waals surface area contributed by atoms with Crippen molar-refractivity contribution >= 4 is 46.2 Å². The molecule has 3 aromatic heterocycles. The van der Waals surface area contributed by atoms with Gasteiger partial charge >= 0.3 is 6.03 Å². The molecule has 0 saturated carbocycles. The van der Waals surface area contributed by atoms with Gasteiger partial charge in [0.15, 0.2) is 11.5 Å². The first-order valence-electron chi connectivity index (χ1n) is 14.8. The van der Waals surface area contributed by atoms with E-state index in [9.17, 15) is 14.4 Å². The molecule has 4 amide bonds. The summed E-state index contributed by atoms with van der Waals surface area (Å²) >= 11 is 0. The number of nitrogen functional groups attached to an aromatic ring is 1. The minimum Gasteiger partial charge on any atom is -0.383 e. The third kappa shape index (κ3) is 6.09. The van der Waals surface area contributed by atoms with Crippen molar-refractivity contribution in [3.63, 3.8) is 0 Å². The molecule has 6 N–H and O–H groups in total. The number of hydrogen-bond donors (Lipinski definition) is 4. The molecule has 14 nitrogen and oxygen atoms in total. The van der Waals surface area contributed by atoms with E-state index in [-0.39, 0.29) is 29.0 Å². The summed E-state index contributed by atoms with van der Waals surface area (Å²) in [6.45, 7) is 6.94. The topological polar surface area (TPSA) is 200 Å². The fourth-order valence-corrected chi connectivity index (χ4v) is 5.33. The largest absolute Gasteiger partial charge is 0.383 e. The number of nitrogens with zero attached hydrogens (tertiary/aromatic N) is 6. The summed E-state index contributed by atoms with van der Waals surface area (Å²) in [6.07, 6.45) is 2.50. The molecule has 1 aliphatic rings. The van der Waals surface area contributed by atoms with E-state index in [1.165, 1.54) is 6.33 Å². The molecule has 0 atom stereocenters. The molecule has 0 aliphatic carbocycles. The second-order valence-electron chi connectivity index (χ2n) is 12.2. The molecule has 0 spiro atoms. The Morgan fingerprint density at radius 3 is 2.28 bits per heavy atom. The average molecular weight is 623 g/mol. The van der Waals surface area contributed by atoms with Crippen LogP contribution in [0.3, 0.4) is 0 Å². The molecular weight excluding hydrogens is 588 g/mol. The number of carbonyl (C=O) groups is 3. The van der Waals surface area contributed by atoms with Gasteiger partial charge < -0.3 is 26.2 Å². The molecule has 46 heavy (non-hydrogen) atoms. The standard InChI is InChI=1S/C32H34N10O4/c1-32(2,3)23-16-24(40-46-23)38-31(45)37-21-8-10-22(11-9-21)42-29-25(27(33)35-17-36-29)26(39-42)18-4-6-20(7-5-18)30(44)41-14-12-19(13-15-41)28(34)43/h4-11,16-17,19H,12-15H2,1-3H3,(H2,34,43)(H2,33,35,36)(H2,37,38,40,45). The highest BCUT2D eigenvalue weighted by Gasteiger charge is 2.27. The number of hydrogen-bond acceptors (Lipinski definition) is 9. The van der Waals surface area contributed by atoms with Crippen LogP contribution in [0.15, 0.2) is 65.4 Å². The maximum atomic E-state index is 13.1. The number of likely N-dealkylation sites (tertiary alicyclic amines) is 1. The normalized spacial score (nSPS) is 13.9. The number of nitrogens with one attached hydrogen (secondary N) is 2. The van der Waals surface area contributed by atoms with Gasteiger partial charge in [-0.1, -0.05) is 38.1 Å². The summed E-state index contributed by atoms with van der Waals surface area (Å²) in [5.41, 5.74) is 15.0. The van der Waals surface area contributed by atoms with Crippen molar-refractivity contribution in [1.82, 2.24) is 29.8 Å². The van der Waals surface area contributed by atoms with Crippen molar-refractivity contribution < 1.29 is 18.9 Å². The van der Waals surface area contributed by atoms with Crippen molar-refractivity contribution in [2.75, 3.05) is 29.5 Å². The fourth-order valence-electron chi connectivity index (χ4n) is 5.33. The van der Waals surface area contributed by atoms with Gasteiger partial charge in [0.1, 0.15) is 23.6 Å². The van der Waals surface area contributed by atoms with Crippen LogP contribution in [0.4, 0.5) is 22.1 Å². The summed E-state index contributed by atoms with van der Waals surface area (Å²) < 4.78 is 6.97. The first-order chi connectivity index (χ1) is 22.0. The van der Waals surface area contributed by atoms with Crippen LogP contribution in [0.2, 0.25) is 0 Å². The van der Waals surface area contributed by atoms with E-state index >= 15 is 0 Å². The zero-order valence-electron chi connectivity index (χ0n) is 25.7. The van der Waals surface area contributed by atoms with Gasteiger partial charge in [-0.15, -0.1) is 0 Å². The lowest BCUT2D eigenvalue weighted by molar-refractivity contribution is -0.123. The summed E-state index contributed by atoms with van der Waals surface area (Å²) in [5, 5.41) is 14.8. The number of nitrogens with two attached hydrogens (primary N) is 2. The van der Waals surface area contributed by atoms with E-state index in [2.05, 4.69) is 25.8 Å². The lowest BCUT2D eigenvalue weighted by atomic mass is 9.93. The number of aromatic nitrogens is 5. The first kappa shape index (κ1) is 30.2. The third-order valence-electron chi connectivity index (χ3n) is 7.94. The van der Waals surface area contributed by atoms with Crippen molar-refractivity contribution in [1.29, 1.82) is 0 Å². The number of piperidine rings is 1. The van der Waals surface area contributed by atoms with Gasteiger partial charge in [-0.05, 0) is 49.2 Å². The Balaban J connectivity index is 1.19. The second-order valence-corrected chi connectivity index (χ2v) is 12.2. The highest BCUT2D eigenvalue weighted by atomic mass is 16.5. The van der Waals surface area contributed by atoms with E-state index in [1.54, 1.807) is 52.0 Å². The molecule has 0 unspecified atom stereocenters. The second kappa shape index (κ2) is 12.0. The van der Waals surface area contributed by atoms with E-state index in [0.29, 0.717) is 71.2 Å². The minimum absolute atomic E-state index is 0.106. The maximum absolute atomic E-state index is 13.1. The SMILES string of the molecule is CC(C)(C)c1cc(NC(=O)Nc2ccc(-n3nc(-c4ccc(C(=O)N5CCC(C(N)=O)CC5)cc4)c4c(N)ncnc43)cc2)no1. The summed E-state index contributed by atoms with van der Waals surface area (Å²) in [5.74, 6) is 0.619. The van der Waals surface area contributed by atoms with E-state index in [0.717, 1.165) is 5.56 Å². The van der Waals surface area contributed by atoms with Crippen LogP contribution in [-0.2, 0) is 10.2 Å². The third-order valence-corrected chi connectivity index (χ3v) is 7.94. The molecule has 14 heteroatoms.